The van der Waals surface area contributed by atoms with Crippen LogP contribution in [0.2, 0.25) is 0 Å². The summed E-state index contributed by atoms with van der Waals surface area (Å²) in [7, 11) is 1.49. The number of rotatable bonds is 2. The molecule has 4 aromatic rings. The lowest BCUT2D eigenvalue weighted by molar-refractivity contribution is 0.373. The molecular formula is C19H15BrN2O3S. The number of phenolic OH excluding ortho intramolecular Hbond substituents is 1. The molecule has 4 rings (SSSR count). The highest BCUT2D eigenvalue weighted by atomic mass is 79.9. The molecule has 2 aromatic heterocycles. The molecule has 0 bridgehead atoms. The van der Waals surface area contributed by atoms with Gasteiger partial charge in [-0.3, -0.25) is 4.79 Å². The van der Waals surface area contributed by atoms with E-state index in [0.717, 1.165) is 32.2 Å². The Morgan fingerprint density at radius 1 is 1.31 bits per heavy atom. The number of thiazole rings is 1. The van der Waals surface area contributed by atoms with E-state index >= 15 is 0 Å². The van der Waals surface area contributed by atoms with E-state index in [1.54, 1.807) is 28.7 Å². The molecule has 0 atom stereocenters. The van der Waals surface area contributed by atoms with Gasteiger partial charge in [0, 0.05) is 4.47 Å². The van der Waals surface area contributed by atoms with Crippen molar-refractivity contribution < 1.29 is 9.84 Å². The third-order valence-corrected chi connectivity index (χ3v) is 6.42. The van der Waals surface area contributed by atoms with Gasteiger partial charge in [-0.05, 0) is 70.7 Å². The van der Waals surface area contributed by atoms with E-state index in [2.05, 4.69) is 20.9 Å². The Morgan fingerprint density at radius 3 is 2.81 bits per heavy atom. The van der Waals surface area contributed by atoms with Gasteiger partial charge in [0.1, 0.15) is 5.52 Å². The number of aromatic hydroxyl groups is 1. The predicted octanol–water partition coefficient (Wildman–Crippen LogP) is 3.55. The molecule has 0 fully saturated rings. The first kappa shape index (κ1) is 17.1. The number of aryl methyl sites for hydroxylation is 1. The van der Waals surface area contributed by atoms with E-state index in [1.807, 2.05) is 19.9 Å². The first-order valence-electron chi connectivity index (χ1n) is 7.90. The van der Waals surface area contributed by atoms with Crippen LogP contribution < -0.4 is 14.8 Å². The maximum Gasteiger partial charge on any atom is 0.274 e. The highest BCUT2D eigenvalue weighted by Gasteiger charge is 2.16. The van der Waals surface area contributed by atoms with Crippen LogP contribution >= 0.6 is 27.3 Å². The molecule has 0 amide bonds. The lowest BCUT2D eigenvalue weighted by atomic mass is 10.1. The smallest absolute Gasteiger partial charge is 0.274 e. The summed E-state index contributed by atoms with van der Waals surface area (Å²) < 4.78 is 8.29. The number of ether oxygens (including phenoxy) is 1. The van der Waals surface area contributed by atoms with Crippen molar-refractivity contribution in [2.45, 2.75) is 13.8 Å². The van der Waals surface area contributed by atoms with Gasteiger partial charge in [0.05, 0.1) is 17.2 Å². The highest BCUT2D eigenvalue weighted by molar-refractivity contribution is 9.10. The molecule has 2 heterocycles. The topological polar surface area (TPSA) is 63.8 Å². The zero-order chi connectivity index (χ0) is 18.6. The average molecular weight is 431 g/mol. The fourth-order valence-electron chi connectivity index (χ4n) is 2.91. The van der Waals surface area contributed by atoms with Crippen molar-refractivity contribution in [2.24, 2.45) is 0 Å². The van der Waals surface area contributed by atoms with Gasteiger partial charge in [-0.15, -0.1) is 0 Å². The summed E-state index contributed by atoms with van der Waals surface area (Å²) in [5, 5.41) is 9.71. The molecule has 0 radical (unpaired) electrons. The molecule has 0 saturated carbocycles. The second-order valence-electron chi connectivity index (χ2n) is 6.08. The van der Waals surface area contributed by atoms with Crippen LogP contribution in [0.5, 0.6) is 11.5 Å². The van der Waals surface area contributed by atoms with E-state index in [4.69, 9.17) is 4.74 Å². The predicted molar refractivity (Wildman–Crippen MR) is 107 cm³/mol. The van der Waals surface area contributed by atoms with Crippen LogP contribution in [0, 0.1) is 13.8 Å². The van der Waals surface area contributed by atoms with Gasteiger partial charge in [-0.1, -0.05) is 17.4 Å². The molecule has 0 aliphatic heterocycles. The van der Waals surface area contributed by atoms with Crippen LogP contribution in [-0.4, -0.2) is 21.6 Å². The number of phenols is 1. The van der Waals surface area contributed by atoms with E-state index in [0.29, 0.717) is 15.2 Å². The minimum absolute atomic E-state index is 0.0645. The molecule has 26 heavy (non-hydrogen) atoms. The first-order chi connectivity index (χ1) is 12.4. The highest BCUT2D eigenvalue weighted by Crippen LogP contribution is 2.30. The number of benzene rings is 2. The van der Waals surface area contributed by atoms with Crippen LogP contribution in [0.25, 0.3) is 22.1 Å². The SMILES string of the molecule is COc1cc(/C=c2/sc3nc4c(Br)c(C)c(C)cc4n3c2=O)ccc1O. The van der Waals surface area contributed by atoms with Crippen molar-refractivity contribution in [3.05, 3.63) is 60.3 Å². The Balaban J connectivity index is 1.99. The summed E-state index contributed by atoms with van der Waals surface area (Å²) in [6.45, 7) is 4.05. The van der Waals surface area contributed by atoms with Gasteiger partial charge in [0.15, 0.2) is 16.5 Å². The van der Waals surface area contributed by atoms with Gasteiger partial charge < -0.3 is 9.84 Å². The average Bonchev–Trinajstić information content (AvgIpc) is 3.12. The van der Waals surface area contributed by atoms with Crippen molar-refractivity contribution in [1.82, 2.24) is 9.38 Å². The first-order valence-corrected chi connectivity index (χ1v) is 9.51. The maximum atomic E-state index is 12.9. The second-order valence-corrected chi connectivity index (χ2v) is 7.88. The van der Waals surface area contributed by atoms with Crippen molar-refractivity contribution in [1.29, 1.82) is 0 Å². The van der Waals surface area contributed by atoms with E-state index in [9.17, 15) is 9.90 Å². The number of hydrogen-bond donors (Lipinski definition) is 1. The lowest BCUT2D eigenvalue weighted by Crippen LogP contribution is -2.22. The van der Waals surface area contributed by atoms with Gasteiger partial charge in [0.25, 0.3) is 5.56 Å². The third-order valence-electron chi connectivity index (χ3n) is 4.48. The monoisotopic (exact) mass is 430 g/mol. The van der Waals surface area contributed by atoms with Gasteiger partial charge in [0.2, 0.25) is 0 Å². The minimum Gasteiger partial charge on any atom is -0.504 e. The number of aromatic nitrogens is 2. The van der Waals surface area contributed by atoms with E-state index in [1.165, 1.54) is 18.4 Å². The number of halogens is 1. The summed E-state index contributed by atoms with van der Waals surface area (Å²) in [5.41, 5.74) is 4.51. The fraction of sp³-hybridized carbons (Fsp3) is 0.158. The Morgan fingerprint density at radius 2 is 2.08 bits per heavy atom. The minimum atomic E-state index is -0.102. The number of hydrogen-bond acceptors (Lipinski definition) is 5. The molecule has 0 aliphatic carbocycles. The van der Waals surface area contributed by atoms with E-state index < -0.39 is 0 Å². The normalized spacial score (nSPS) is 12.4. The number of fused-ring (bicyclic) bond motifs is 3. The van der Waals surface area contributed by atoms with Gasteiger partial charge in [-0.25, -0.2) is 9.38 Å². The standard InChI is InChI=1S/C19H15BrN2O3S/c1-9-6-12-17(16(20)10(9)2)21-19-22(12)18(24)15(26-19)8-11-4-5-13(23)14(7-11)25-3/h4-8,23H,1-3H3/b15-8+. The summed E-state index contributed by atoms with van der Waals surface area (Å²) in [4.78, 5) is 18.2. The van der Waals surface area contributed by atoms with E-state index in [-0.39, 0.29) is 11.3 Å². The Kier molecular flexibility index (Phi) is 4.00. The maximum absolute atomic E-state index is 12.9. The van der Waals surface area contributed by atoms with Crippen molar-refractivity contribution in [2.75, 3.05) is 7.11 Å². The molecule has 0 spiro atoms. The lowest BCUT2D eigenvalue weighted by Gasteiger charge is -2.03. The van der Waals surface area contributed by atoms with Crippen LogP contribution in [0.1, 0.15) is 16.7 Å². The third kappa shape index (κ3) is 2.50. The summed E-state index contributed by atoms with van der Waals surface area (Å²) >= 11 is 4.94. The molecule has 132 valence electrons. The molecule has 7 heteroatoms. The molecule has 0 saturated heterocycles. The zero-order valence-electron chi connectivity index (χ0n) is 14.3. The van der Waals surface area contributed by atoms with Crippen LogP contribution in [0.15, 0.2) is 33.5 Å². The molecule has 0 unspecified atom stereocenters. The number of imidazole rings is 1. The summed E-state index contributed by atoms with van der Waals surface area (Å²) in [6, 6.07) is 6.98. The number of methoxy groups -OCH3 is 1. The molecule has 1 N–H and O–H groups in total. The quantitative estimate of drug-likeness (QED) is 0.528. The summed E-state index contributed by atoms with van der Waals surface area (Å²) in [5.74, 6) is 0.433. The second kappa shape index (κ2) is 6.10. The summed E-state index contributed by atoms with van der Waals surface area (Å²) in [6.07, 6.45) is 1.78. The Hall–Kier alpha value is -2.38. The Labute approximate surface area is 161 Å². The van der Waals surface area contributed by atoms with Crippen molar-refractivity contribution in [3.8, 4) is 11.5 Å². The Bertz CT molecular complexity index is 1290. The largest absolute Gasteiger partial charge is 0.504 e. The molecule has 5 nitrogen and oxygen atoms in total. The number of nitrogens with zero attached hydrogens (tertiary/aromatic N) is 2. The molecule has 2 aromatic carbocycles. The van der Waals surface area contributed by atoms with Crippen molar-refractivity contribution in [3.63, 3.8) is 0 Å². The fourth-order valence-corrected chi connectivity index (χ4v) is 4.50. The van der Waals surface area contributed by atoms with Gasteiger partial charge >= 0.3 is 0 Å². The molecular weight excluding hydrogens is 416 g/mol. The van der Waals surface area contributed by atoms with Crippen LogP contribution in [0.4, 0.5) is 0 Å². The van der Waals surface area contributed by atoms with Gasteiger partial charge in [-0.2, -0.15) is 0 Å². The van der Waals surface area contributed by atoms with Crippen molar-refractivity contribution >= 4 is 49.3 Å². The van der Waals surface area contributed by atoms with Crippen LogP contribution in [0.3, 0.4) is 0 Å². The molecule has 0 aliphatic rings. The van der Waals surface area contributed by atoms with Crippen LogP contribution in [-0.2, 0) is 0 Å². The zero-order valence-corrected chi connectivity index (χ0v) is 16.7.